The Morgan fingerprint density at radius 3 is 2.75 bits per heavy atom. The molecule has 16 heavy (non-hydrogen) atoms. The van der Waals surface area contributed by atoms with Gasteiger partial charge in [0.15, 0.2) is 0 Å². The normalized spacial score (nSPS) is 26.4. The van der Waals surface area contributed by atoms with E-state index in [0.29, 0.717) is 13.2 Å². The maximum absolute atomic E-state index is 11.8. The lowest BCUT2D eigenvalue weighted by Gasteiger charge is -2.22. The molecular formula is C11H19NO4. The average molecular weight is 229 g/mol. The molecule has 2 atom stereocenters. The molecule has 0 saturated carbocycles. The minimum atomic E-state index is -0.843. The van der Waals surface area contributed by atoms with Crippen LogP contribution in [0.2, 0.25) is 0 Å². The van der Waals surface area contributed by atoms with Gasteiger partial charge in [-0.15, -0.1) is 0 Å². The minimum Gasteiger partial charge on any atom is -0.481 e. The van der Waals surface area contributed by atoms with Gasteiger partial charge in [-0.3, -0.25) is 9.59 Å². The van der Waals surface area contributed by atoms with Crippen LogP contribution < -0.4 is 5.32 Å². The maximum atomic E-state index is 11.8. The van der Waals surface area contributed by atoms with Gasteiger partial charge in [0, 0.05) is 19.6 Å². The Hall–Kier alpha value is -1.10. The molecular weight excluding hydrogens is 210 g/mol. The van der Waals surface area contributed by atoms with Crippen molar-refractivity contribution in [3.8, 4) is 0 Å². The molecule has 5 heteroatoms. The number of hydrogen-bond acceptors (Lipinski definition) is 3. The summed E-state index contributed by atoms with van der Waals surface area (Å²) in [6.45, 7) is 4.57. The molecule has 92 valence electrons. The Bertz CT molecular complexity index is 271. The van der Waals surface area contributed by atoms with Crippen LogP contribution in [0, 0.1) is 5.92 Å². The molecule has 5 nitrogen and oxygen atoms in total. The fraction of sp³-hybridized carbons (Fsp3) is 0.818. The summed E-state index contributed by atoms with van der Waals surface area (Å²) in [5.41, 5.74) is -0.719. The van der Waals surface area contributed by atoms with E-state index in [1.807, 2.05) is 0 Å². The number of carbonyl (C=O) groups is 2. The predicted molar refractivity (Wildman–Crippen MR) is 58.0 cm³/mol. The molecule has 0 bridgehead atoms. The minimum absolute atomic E-state index is 0.0635. The largest absolute Gasteiger partial charge is 0.481 e. The molecule has 2 unspecified atom stereocenters. The fourth-order valence-corrected chi connectivity index (χ4v) is 1.78. The van der Waals surface area contributed by atoms with E-state index in [1.165, 1.54) is 0 Å². The summed E-state index contributed by atoms with van der Waals surface area (Å²) >= 11 is 0. The van der Waals surface area contributed by atoms with E-state index in [9.17, 15) is 9.59 Å². The number of carbonyl (C=O) groups excluding carboxylic acids is 1. The molecule has 2 N–H and O–H groups in total. The van der Waals surface area contributed by atoms with Gasteiger partial charge in [-0.25, -0.2) is 0 Å². The molecule has 1 saturated heterocycles. The van der Waals surface area contributed by atoms with Crippen LogP contribution in [0.1, 0.15) is 33.1 Å². The Labute approximate surface area is 95.2 Å². The van der Waals surface area contributed by atoms with Gasteiger partial charge in [0.2, 0.25) is 0 Å². The molecule has 1 rings (SSSR count). The summed E-state index contributed by atoms with van der Waals surface area (Å²) in [7, 11) is 0. The van der Waals surface area contributed by atoms with Gasteiger partial charge in [-0.2, -0.15) is 0 Å². The SMILES string of the molecule is CC(CNC(=O)C1(C)CCCO1)CC(=O)O. The number of carboxylic acids is 1. The van der Waals surface area contributed by atoms with E-state index in [-0.39, 0.29) is 18.2 Å². The first-order valence-electron chi connectivity index (χ1n) is 5.58. The second-order valence-corrected chi connectivity index (χ2v) is 4.60. The van der Waals surface area contributed by atoms with Crippen LogP contribution in [0.3, 0.4) is 0 Å². The van der Waals surface area contributed by atoms with Crippen molar-refractivity contribution in [1.82, 2.24) is 5.32 Å². The lowest BCUT2D eigenvalue weighted by atomic mass is 10.0. The molecule has 0 radical (unpaired) electrons. The average Bonchev–Trinajstić information content (AvgIpc) is 2.62. The Kier molecular flexibility index (Phi) is 4.29. The quantitative estimate of drug-likeness (QED) is 0.730. The van der Waals surface area contributed by atoms with Gasteiger partial charge in [-0.05, 0) is 25.7 Å². The van der Waals surface area contributed by atoms with Crippen molar-refractivity contribution >= 4 is 11.9 Å². The van der Waals surface area contributed by atoms with E-state index in [0.717, 1.165) is 12.8 Å². The molecule has 1 heterocycles. The van der Waals surface area contributed by atoms with E-state index < -0.39 is 11.6 Å². The number of aliphatic carboxylic acids is 1. The summed E-state index contributed by atoms with van der Waals surface area (Å²) in [6.07, 6.45) is 1.69. The van der Waals surface area contributed by atoms with Crippen molar-refractivity contribution in [3.63, 3.8) is 0 Å². The molecule has 1 amide bonds. The highest BCUT2D eigenvalue weighted by atomic mass is 16.5. The zero-order chi connectivity index (χ0) is 12.2. The highest BCUT2D eigenvalue weighted by Crippen LogP contribution is 2.24. The second-order valence-electron chi connectivity index (χ2n) is 4.60. The standard InChI is InChI=1S/C11H19NO4/c1-8(6-9(13)14)7-12-10(15)11(2)4-3-5-16-11/h8H,3-7H2,1-2H3,(H,12,15)(H,13,14). The fourth-order valence-electron chi connectivity index (χ4n) is 1.78. The smallest absolute Gasteiger partial charge is 0.303 e. The van der Waals surface area contributed by atoms with Gasteiger partial charge in [-0.1, -0.05) is 6.92 Å². The molecule has 0 aromatic rings. The maximum Gasteiger partial charge on any atom is 0.303 e. The number of carboxylic acid groups (broad SMARTS) is 1. The summed E-state index contributed by atoms with van der Waals surface area (Å²) in [6, 6.07) is 0. The van der Waals surface area contributed by atoms with E-state index in [4.69, 9.17) is 9.84 Å². The lowest BCUT2D eigenvalue weighted by Crippen LogP contribution is -2.45. The first-order valence-corrected chi connectivity index (χ1v) is 5.58. The van der Waals surface area contributed by atoms with Crippen LogP contribution in [-0.4, -0.2) is 35.7 Å². The first kappa shape index (κ1) is 13.0. The van der Waals surface area contributed by atoms with Gasteiger partial charge >= 0.3 is 5.97 Å². The van der Waals surface area contributed by atoms with Gasteiger partial charge < -0.3 is 15.2 Å². The molecule has 0 spiro atoms. The Balaban J connectivity index is 2.32. The monoisotopic (exact) mass is 229 g/mol. The zero-order valence-corrected chi connectivity index (χ0v) is 9.78. The topological polar surface area (TPSA) is 75.6 Å². The van der Waals surface area contributed by atoms with Gasteiger partial charge in [0.25, 0.3) is 5.91 Å². The predicted octanol–water partition coefficient (Wildman–Crippen LogP) is 0.782. The summed E-state index contributed by atoms with van der Waals surface area (Å²) in [5.74, 6) is -1.04. The van der Waals surface area contributed by atoms with Crippen molar-refractivity contribution in [2.45, 2.75) is 38.7 Å². The van der Waals surface area contributed by atoms with Gasteiger partial charge in [0.05, 0.1) is 0 Å². The van der Waals surface area contributed by atoms with Crippen LogP contribution >= 0.6 is 0 Å². The highest BCUT2D eigenvalue weighted by Gasteiger charge is 2.37. The van der Waals surface area contributed by atoms with Crippen LogP contribution in [0.25, 0.3) is 0 Å². The number of amides is 1. The molecule has 0 aliphatic carbocycles. The van der Waals surface area contributed by atoms with Crippen molar-refractivity contribution < 1.29 is 19.4 Å². The van der Waals surface area contributed by atoms with E-state index in [2.05, 4.69) is 5.32 Å². The highest BCUT2D eigenvalue weighted by molar-refractivity contribution is 5.85. The third-order valence-electron chi connectivity index (χ3n) is 2.83. The van der Waals surface area contributed by atoms with Crippen molar-refractivity contribution in [1.29, 1.82) is 0 Å². The zero-order valence-electron chi connectivity index (χ0n) is 9.78. The Morgan fingerprint density at radius 1 is 1.56 bits per heavy atom. The molecule has 1 fully saturated rings. The van der Waals surface area contributed by atoms with Crippen molar-refractivity contribution in [2.75, 3.05) is 13.2 Å². The van der Waals surface area contributed by atoms with Crippen LogP contribution in [0.15, 0.2) is 0 Å². The molecule has 1 aliphatic heterocycles. The number of ether oxygens (including phenoxy) is 1. The number of hydrogen-bond donors (Lipinski definition) is 2. The Morgan fingerprint density at radius 2 is 2.25 bits per heavy atom. The van der Waals surface area contributed by atoms with Crippen molar-refractivity contribution in [3.05, 3.63) is 0 Å². The third kappa shape index (κ3) is 3.48. The molecule has 1 aliphatic rings. The summed E-state index contributed by atoms with van der Waals surface area (Å²) < 4.78 is 5.39. The first-order chi connectivity index (χ1) is 7.44. The second kappa shape index (κ2) is 5.30. The summed E-state index contributed by atoms with van der Waals surface area (Å²) in [5, 5.41) is 11.3. The van der Waals surface area contributed by atoms with E-state index in [1.54, 1.807) is 13.8 Å². The molecule has 0 aromatic heterocycles. The van der Waals surface area contributed by atoms with Crippen LogP contribution in [0.4, 0.5) is 0 Å². The van der Waals surface area contributed by atoms with Gasteiger partial charge in [0.1, 0.15) is 5.60 Å². The van der Waals surface area contributed by atoms with Crippen LogP contribution in [-0.2, 0) is 14.3 Å². The summed E-state index contributed by atoms with van der Waals surface area (Å²) in [4.78, 5) is 22.2. The van der Waals surface area contributed by atoms with Crippen molar-refractivity contribution in [2.24, 2.45) is 5.92 Å². The van der Waals surface area contributed by atoms with Crippen LogP contribution in [0.5, 0.6) is 0 Å². The number of nitrogens with one attached hydrogen (secondary N) is 1. The van der Waals surface area contributed by atoms with E-state index >= 15 is 0 Å². The molecule has 0 aromatic carbocycles. The third-order valence-corrected chi connectivity index (χ3v) is 2.83. The lowest BCUT2D eigenvalue weighted by molar-refractivity contribution is -0.141. The number of rotatable bonds is 5.